The van der Waals surface area contributed by atoms with Crippen molar-refractivity contribution in [2.24, 2.45) is 34.5 Å². The largest absolute Gasteiger partial charge is 0.0622 e. The number of rotatable bonds is 0. The molecular weight excluding hydrogens is 156 g/mol. The summed E-state index contributed by atoms with van der Waals surface area (Å²) in [5.74, 6) is 4.50. The topological polar surface area (TPSA) is 0 Å². The summed E-state index contributed by atoms with van der Waals surface area (Å²) in [6.07, 6.45) is 7.96. The van der Waals surface area contributed by atoms with Gasteiger partial charge in [-0.2, -0.15) is 0 Å². The van der Waals surface area contributed by atoms with Gasteiger partial charge in [-0.25, -0.2) is 0 Å². The van der Waals surface area contributed by atoms with E-state index >= 15 is 0 Å². The summed E-state index contributed by atoms with van der Waals surface area (Å²) in [6, 6.07) is 0. The van der Waals surface area contributed by atoms with E-state index in [1.807, 2.05) is 0 Å². The van der Waals surface area contributed by atoms with E-state index in [0.29, 0.717) is 0 Å². The van der Waals surface area contributed by atoms with Gasteiger partial charge in [0.25, 0.3) is 0 Å². The van der Waals surface area contributed by atoms with Crippen LogP contribution < -0.4 is 0 Å². The molecule has 72 valence electrons. The van der Waals surface area contributed by atoms with Gasteiger partial charge in [0.15, 0.2) is 0 Å². The third kappa shape index (κ3) is 0.593. The third-order valence-corrected chi connectivity index (χ3v) is 6.34. The first kappa shape index (κ1) is 7.31. The van der Waals surface area contributed by atoms with Gasteiger partial charge in [0.2, 0.25) is 0 Å². The Bertz CT molecular complexity index is 274. The van der Waals surface area contributed by atoms with Gasteiger partial charge < -0.3 is 0 Å². The lowest BCUT2D eigenvalue weighted by Crippen LogP contribution is -2.48. The van der Waals surface area contributed by atoms with Crippen molar-refractivity contribution in [3.63, 3.8) is 0 Å². The predicted molar refractivity (Wildman–Crippen MR) is 53.3 cm³/mol. The molecule has 5 aliphatic carbocycles. The monoisotopic (exact) mass is 176 g/mol. The van der Waals surface area contributed by atoms with Gasteiger partial charge in [-0.05, 0) is 66.6 Å². The molecule has 0 aromatic heterocycles. The van der Waals surface area contributed by atoms with Crippen molar-refractivity contribution in [1.82, 2.24) is 0 Å². The van der Waals surface area contributed by atoms with E-state index < -0.39 is 0 Å². The van der Waals surface area contributed by atoms with E-state index in [1.165, 1.54) is 12.3 Å². The summed E-state index contributed by atoms with van der Waals surface area (Å²) in [4.78, 5) is 0. The molecule has 0 aliphatic heterocycles. The highest BCUT2D eigenvalue weighted by molar-refractivity contribution is 5.24. The van der Waals surface area contributed by atoms with Crippen LogP contribution in [0.25, 0.3) is 0 Å². The lowest BCUT2D eigenvalue weighted by atomic mass is 9.50. The van der Waals surface area contributed by atoms with Crippen LogP contribution in [-0.4, -0.2) is 0 Å². The first-order chi connectivity index (χ1) is 6.16. The average molecular weight is 176 g/mol. The van der Waals surface area contributed by atoms with Crippen molar-refractivity contribution in [3.8, 4) is 0 Å². The molecule has 5 rings (SSSR count). The Hall–Kier alpha value is 0. The minimum atomic E-state index is 0.806. The molecule has 5 saturated carbocycles. The van der Waals surface area contributed by atoms with Crippen molar-refractivity contribution in [3.05, 3.63) is 0 Å². The zero-order valence-corrected chi connectivity index (χ0v) is 8.84. The van der Waals surface area contributed by atoms with Gasteiger partial charge in [0.1, 0.15) is 0 Å². The van der Waals surface area contributed by atoms with Gasteiger partial charge >= 0.3 is 0 Å². The van der Waals surface area contributed by atoms with Crippen molar-refractivity contribution in [1.29, 1.82) is 0 Å². The molecule has 4 atom stereocenters. The molecule has 0 radical (unpaired) electrons. The Morgan fingerprint density at radius 2 is 1.92 bits per heavy atom. The van der Waals surface area contributed by atoms with Crippen LogP contribution in [0.1, 0.15) is 46.0 Å². The second kappa shape index (κ2) is 1.73. The maximum atomic E-state index is 2.62. The molecule has 5 aliphatic rings. The normalized spacial score (nSPS) is 72.5. The average Bonchev–Trinajstić information content (AvgIpc) is 2.71. The Labute approximate surface area is 81.1 Å². The molecule has 4 unspecified atom stereocenters. The highest BCUT2D eigenvalue weighted by Crippen LogP contribution is 2.83. The van der Waals surface area contributed by atoms with Crippen molar-refractivity contribution < 1.29 is 0 Å². The second-order valence-electron chi connectivity index (χ2n) is 6.83. The number of hydrogen-bond acceptors (Lipinski definition) is 0. The fourth-order valence-corrected chi connectivity index (χ4v) is 5.91. The molecule has 0 heterocycles. The molecule has 0 nitrogen and oxygen atoms in total. The Kier molecular flexibility index (Phi) is 0.971. The molecule has 0 aromatic carbocycles. The van der Waals surface area contributed by atoms with E-state index in [9.17, 15) is 0 Å². The molecule has 5 fully saturated rings. The molecule has 0 heteroatoms. The fourth-order valence-electron chi connectivity index (χ4n) is 5.91. The minimum Gasteiger partial charge on any atom is -0.0622 e. The SMILES string of the molecule is CC1CCC2(C)C1C1CC3(C1)CC32. The minimum absolute atomic E-state index is 0.806. The van der Waals surface area contributed by atoms with E-state index in [4.69, 9.17) is 0 Å². The van der Waals surface area contributed by atoms with E-state index in [2.05, 4.69) is 13.8 Å². The quantitative estimate of drug-likeness (QED) is 0.530. The molecule has 0 aromatic rings. The molecule has 13 heavy (non-hydrogen) atoms. The van der Waals surface area contributed by atoms with Gasteiger partial charge in [0.05, 0.1) is 0 Å². The van der Waals surface area contributed by atoms with E-state index in [-0.39, 0.29) is 0 Å². The summed E-state index contributed by atoms with van der Waals surface area (Å²) in [5, 5.41) is 0. The van der Waals surface area contributed by atoms with Crippen LogP contribution in [0.3, 0.4) is 0 Å². The standard InChI is InChI=1S/C13H20/c1-8-3-4-12(2)10-7-13(10)5-9(6-13)11(8)12/h8-11H,3-7H2,1-2H3. The Morgan fingerprint density at radius 1 is 1.15 bits per heavy atom. The van der Waals surface area contributed by atoms with Gasteiger partial charge in [0, 0.05) is 0 Å². The summed E-state index contributed by atoms with van der Waals surface area (Å²) in [6.45, 7) is 5.14. The molecule has 0 saturated heterocycles. The second-order valence-corrected chi connectivity index (χ2v) is 6.83. The predicted octanol–water partition coefficient (Wildman–Crippen LogP) is 3.47. The summed E-state index contributed by atoms with van der Waals surface area (Å²) in [5.41, 5.74) is 1.74. The van der Waals surface area contributed by atoms with Crippen molar-refractivity contribution in [2.45, 2.75) is 46.0 Å². The summed E-state index contributed by atoms with van der Waals surface area (Å²) in [7, 11) is 0. The fraction of sp³-hybridized carbons (Fsp3) is 1.00. The van der Waals surface area contributed by atoms with Gasteiger partial charge in [-0.1, -0.05) is 13.8 Å². The van der Waals surface area contributed by atoms with Crippen LogP contribution in [0.5, 0.6) is 0 Å². The zero-order valence-electron chi connectivity index (χ0n) is 8.84. The highest BCUT2D eigenvalue weighted by atomic mass is 14.8. The first-order valence-corrected chi connectivity index (χ1v) is 6.16. The lowest BCUT2D eigenvalue weighted by Gasteiger charge is -2.55. The summed E-state index contributed by atoms with van der Waals surface area (Å²) < 4.78 is 0. The molecule has 0 amide bonds. The molecule has 0 N–H and O–H groups in total. The van der Waals surface area contributed by atoms with Crippen LogP contribution in [0.2, 0.25) is 0 Å². The summed E-state index contributed by atoms with van der Waals surface area (Å²) >= 11 is 0. The van der Waals surface area contributed by atoms with Crippen LogP contribution in [0.4, 0.5) is 0 Å². The highest BCUT2D eigenvalue weighted by Gasteiger charge is 2.76. The first-order valence-electron chi connectivity index (χ1n) is 6.16. The molecular formula is C13H20. The van der Waals surface area contributed by atoms with Crippen molar-refractivity contribution in [2.75, 3.05) is 0 Å². The Morgan fingerprint density at radius 3 is 2.69 bits per heavy atom. The van der Waals surface area contributed by atoms with E-state index in [0.717, 1.165) is 28.6 Å². The zero-order chi connectivity index (χ0) is 8.84. The van der Waals surface area contributed by atoms with Crippen molar-refractivity contribution >= 4 is 0 Å². The van der Waals surface area contributed by atoms with Crippen LogP contribution in [0.15, 0.2) is 0 Å². The third-order valence-electron chi connectivity index (χ3n) is 6.34. The number of hydrogen-bond donors (Lipinski definition) is 0. The molecule has 2 bridgehead atoms. The van der Waals surface area contributed by atoms with Gasteiger partial charge in [-0.15, -0.1) is 0 Å². The maximum absolute atomic E-state index is 2.62. The molecule has 1 spiro atoms. The van der Waals surface area contributed by atoms with Crippen LogP contribution in [0, 0.1) is 34.5 Å². The van der Waals surface area contributed by atoms with Crippen LogP contribution in [-0.2, 0) is 0 Å². The smallest absolute Gasteiger partial charge is 0.0255 e. The Balaban J connectivity index is 1.81. The van der Waals surface area contributed by atoms with Gasteiger partial charge in [-0.3, -0.25) is 0 Å². The maximum Gasteiger partial charge on any atom is -0.0255 e. The van der Waals surface area contributed by atoms with E-state index in [1.54, 1.807) is 25.7 Å². The lowest BCUT2D eigenvalue weighted by molar-refractivity contribution is -0.0644. The van der Waals surface area contributed by atoms with Crippen LogP contribution >= 0.6 is 0 Å².